The highest BCUT2D eigenvalue weighted by Crippen LogP contribution is 2.20. The van der Waals surface area contributed by atoms with Crippen LogP contribution in [-0.4, -0.2) is 47.5 Å². The summed E-state index contributed by atoms with van der Waals surface area (Å²) in [5.41, 5.74) is 0.917. The highest BCUT2D eigenvalue weighted by molar-refractivity contribution is 5.68. The average molecular weight is 264 g/mol. The number of nitrogens with one attached hydrogen (secondary N) is 1. The first kappa shape index (κ1) is 13.7. The third-order valence-corrected chi connectivity index (χ3v) is 3.34. The summed E-state index contributed by atoms with van der Waals surface area (Å²) in [5, 5.41) is 19.9. The van der Waals surface area contributed by atoms with Crippen LogP contribution < -0.4 is 10.2 Å². The molecular weight excluding hydrogens is 244 g/mol. The molecule has 1 unspecified atom stereocenters. The predicted molar refractivity (Wildman–Crippen MR) is 72.2 cm³/mol. The monoisotopic (exact) mass is 264 g/mol. The zero-order chi connectivity index (χ0) is 13.7. The van der Waals surface area contributed by atoms with Crippen LogP contribution in [0.5, 0.6) is 0 Å². The standard InChI is InChI=1S/C13H20N4O2/c1-10-4-5-12(16-15-10)17-6-2-3-11(9-17)7-14-8-13(18)19/h4-5,11,14H,2-3,6-9H2,1H3,(H,18,19). The van der Waals surface area contributed by atoms with Crippen molar-refractivity contribution in [2.45, 2.75) is 19.8 Å². The lowest BCUT2D eigenvalue weighted by Gasteiger charge is -2.33. The van der Waals surface area contributed by atoms with Crippen LogP contribution in [0.4, 0.5) is 5.82 Å². The van der Waals surface area contributed by atoms with E-state index in [1.165, 1.54) is 0 Å². The smallest absolute Gasteiger partial charge is 0.317 e. The van der Waals surface area contributed by atoms with Crippen LogP contribution >= 0.6 is 0 Å². The number of hydrogen-bond acceptors (Lipinski definition) is 5. The molecule has 0 spiro atoms. The van der Waals surface area contributed by atoms with Gasteiger partial charge in [0.15, 0.2) is 5.82 Å². The van der Waals surface area contributed by atoms with Gasteiger partial charge < -0.3 is 15.3 Å². The van der Waals surface area contributed by atoms with Crippen LogP contribution in [0, 0.1) is 12.8 Å². The molecule has 0 amide bonds. The van der Waals surface area contributed by atoms with Crippen molar-refractivity contribution < 1.29 is 9.90 Å². The van der Waals surface area contributed by atoms with Crippen LogP contribution in [-0.2, 0) is 4.79 Å². The number of aryl methyl sites for hydroxylation is 1. The molecule has 2 rings (SSSR count). The van der Waals surface area contributed by atoms with Crippen LogP contribution in [0.15, 0.2) is 12.1 Å². The normalized spacial score (nSPS) is 19.4. The number of carboxylic acids is 1. The lowest BCUT2D eigenvalue weighted by molar-refractivity contribution is -0.136. The maximum Gasteiger partial charge on any atom is 0.317 e. The predicted octanol–water partition coefficient (Wildman–Crippen LogP) is 0.676. The van der Waals surface area contributed by atoms with Crippen LogP contribution in [0.3, 0.4) is 0 Å². The molecule has 0 saturated carbocycles. The summed E-state index contributed by atoms with van der Waals surface area (Å²) >= 11 is 0. The van der Waals surface area contributed by atoms with E-state index in [4.69, 9.17) is 5.11 Å². The lowest BCUT2D eigenvalue weighted by atomic mass is 9.98. The molecule has 104 valence electrons. The summed E-state index contributed by atoms with van der Waals surface area (Å²) in [4.78, 5) is 12.7. The lowest BCUT2D eigenvalue weighted by Crippen LogP contribution is -2.41. The third-order valence-electron chi connectivity index (χ3n) is 3.34. The molecule has 0 aliphatic carbocycles. The quantitative estimate of drug-likeness (QED) is 0.814. The minimum absolute atomic E-state index is 0.0286. The first-order chi connectivity index (χ1) is 9.15. The SMILES string of the molecule is Cc1ccc(N2CCCC(CNCC(=O)O)C2)nn1. The minimum Gasteiger partial charge on any atom is -0.480 e. The Balaban J connectivity index is 1.86. The minimum atomic E-state index is -0.808. The van der Waals surface area contributed by atoms with E-state index in [9.17, 15) is 4.79 Å². The molecule has 0 bridgehead atoms. The Hall–Kier alpha value is -1.69. The molecule has 1 aromatic heterocycles. The van der Waals surface area contributed by atoms with Crippen molar-refractivity contribution in [2.75, 3.05) is 31.1 Å². The molecule has 6 nitrogen and oxygen atoms in total. The van der Waals surface area contributed by atoms with Crippen molar-refractivity contribution in [1.82, 2.24) is 15.5 Å². The van der Waals surface area contributed by atoms with Gasteiger partial charge in [0, 0.05) is 19.6 Å². The highest BCUT2D eigenvalue weighted by atomic mass is 16.4. The molecule has 1 aromatic rings. The van der Waals surface area contributed by atoms with E-state index in [1.807, 2.05) is 19.1 Å². The Morgan fingerprint density at radius 3 is 3.05 bits per heavy atom. The summed E-state index contributed by atoms with van der Waals surface area (Å²) in [5.74, 6) is 0.571. The number of anilines is 1. The summed E-state index contributed by atoms with van der Waals surface area (Å²) in [6.07, 6.45) is 2.23. The third kappa shape index (κ3) is 4.17. The molecule has 1 atom stereocenters. The van der Waals surface area contributed by atoms with Crippen molar-refractivity contribution in [3.63, 3.8) is 0 Å². The molecule has 1 aliphatic rings. The summed E-state index contributed by atoms with van der Waals surface area (Å²) in [6.45, 7) is 4.59. The number of carbonyl (C=O) groups is 1. The number of aromatic nitrogens is 2. The molecule has 19 heavy (non-hydrogen) atoms. The summed E-state index contributed by atoms with van der Waals surface area (Å²) in [7, 11) is 0. The Morgan fingerprint density at radius 2 is 2.37 bits per heavy atom. The van der Waals surface area contributed by atoms with Gasteiger partial charge >= 0.3 is 5.97 Å². The molecule has 2 heterocycles. The van der Waals surface area contributed by atoms with E-state index in [2.05, 4.69) is 20.4 Å². The van der Waals surface area contributed by atoms with E-state index in [-0.39, 0.29) is 6.54 Å². The molecule has 0 aromatic carbocycles. The number of nitrogens with zero attached hydrogens (tertiary/aromatic N) is 3. The van der Waals surface area contributed by atoms with Gasteiger partial charge in [-0.25, -0.2) is 0 Å². The number of hydrogen-bond donors (Lipinski definition) is 2. The Morgan fingerprint density at radius 1 is 1.53 bits per heavy atom. The maximum atomic E-state index is 10.5. The number of aliphatic carboxylic acids is 1. The molecule has 1 fully saturated rings. The molecule has 6 heteroatoms. The Kier molecular flexibility index (Phi) is 4.68. The van der Waals surface area contributed by atoms with Crippen molar-refractivity contribution in [3.8, 4) is 0 Å². The van der Waals surface area contributed by atoms with Gasteiger partial charge in [0.1, 0.15) is 0 Å². The van der Waals surface area contributed by atoms with E-state index >= 15 is 0 Å². The average Bonchev–Trinajstić information content (AvgIpc) is 2.39. The van der Waals surface area contributed by atoms with Crippen LogP contribution in [0.2, 0.25) is 0 Å². The summed E-state index contributed by atoms with van der Waals surface area (Å²) < 4.78 is 0. The summed E-state index contributed by atoms with van der Waals surface area (Å²) in [6, 6.07) is 3.96. The topological polar surface area (TPSA) is 78.4 Å². The van der Waals surface area contributed by atoms with Crippen LogP contribution in [0.25, 0.3) is 0 Å². The molecule has 1 aliphatic heterocycles. The number of rotatable bonds is 5. The van der Waals surface area contributed by atoms with Gasteiger partial charge in [0.2, 0.25) is 0 Å². The number of piperidine rings is 1. The maximum absolute atomic E-state index is 10.5. The first-order valence-corrected chi connectivity index (χ1v) is 6.63. The molecular formula is C13H20N4O2. The van der Waals surface area contributed by atoms with E-state index in [0.717, 1.165) is 44.0 Å². The second-order valence-corrected chi connectivity index (χ2v) is 5.01. The second kappa shape index (κ2) is 6.47. The fraction of sp³-hybridized carbons (Fsp3) is 0.615. The van der Waals surface area contributed by atoms with Gasteiger partial charge in [-0.05, 0) is 37.8 Å². The zero-order valence-corrected chi connectivity index (χ0v) is 11.2. The van der Waals surface area contributed by atoms with Crippen molar-refractivity contribution in [2.24, 2.45) is 5.92 Å². The Bertz CT molecular complexity index is 421. The van der Waals surface area contributed by atoms with Gasteiger partial charge in [-0.1, -0.05) is 0 Å². The van der Waals surface area contributed by atoms with Crippen molar-refractivity contribution >= 4 is 11.8 Å². The second-order valence-electron chi connectivity index (χ2n) is 5.01. The molecule has 1 saturated heterocycles. The van der Waals surface area contributed by atoms with Gasteiger partial charge in [-0.2, -0.15) is 5.10 Å². The van der Waals surface area contributed by atoms with E-state index in [1.54, 1.807) is 0 Å². The molecule has 2 N–H and O–H groups in total. The first-order valence-electron chi connectivity index (χ1n) is 6.63. The zero-order valence-electron chi connectivity index (χ0n) is 11.2. The van der Waals surface area contributed by atoms with Gasteiger partial charge in [-0.15, -0.1) is 5.10 Å². The van der Waals surface area contributed by atoms with Crippen molar-refractivity contribution in [3.05, 3.63) is 17.8 Å². The van der Waals surface area contributed by atoms with Crippen LogP contribution in [0.1, 0.15) is 18.5 Å². The fourth-order valence-corrected chi connectivity index (χ4v) is 2.38. The largest absolute Gasteiger partial charge is 0.480 e. The van der Waals surface area contributed by atoms with Crippen molar-refractivity contribution in [1.29, 1.82) is 0 Å². The molecule has 0 radical (unpaired) electrons. The van der Waals surface area contributed by atoms with Gasteiger partial charge in [0.25, 0.3) is 0 Å². The number of carboxylic acid groups (broad SMARTS) is 1. The van der Waals surface area contributed by atoms with E-state index in [0.29, 0.717) is 5.92 Å². The van der Waals surface area contributed by atoms with Gasteiger partial charge in [0.05, 0.1) is 12.2 Å². The Labute approximate surface area is 112 Å². The van der Waals surface area contributed by atoms with E-state index < -0.39 is 5.97 Å². The fourth-order valence-electron chi connectivity index (χ4n) is 2.38. The van der Waals surface area contributed by atoms with Gasteiger partial charge in [-0.3, -0.25) is 4.79 Å². The highest BCUT2D eigenvalue weighted by Gasteiger charge is 2.20.